The number of imidazole rings is 1. The van der Waals surface area contributed by atoms with Crippen molar-refractivity contribution in [3.63, 3.8) is 0 Å². The van der Waals surface area contributed by atoms with Crippen LogP contribution in [0.4, 0.5) is 0 Å². The molecule has 0 saturated carbocycles. The number of fused-ring (bicyclic) bond motifs is 1. The van der Waals surface area contributed by atoms with Gasteiger partial charge in [-0.1, -0.05) is 51.6 Å². The summed E-state index contributed by atoms with van der Waals surface area (Å²) < 4.78 is 1.89. The molecule has 1 aromatic heterocycles. The number of hydrogen-bond acceptors (Lipinski definition) is 4. The molecule has 0 aliphatic carbocycles. The van der Waals surface area contributed by atoms with Gasteiger partial charge in [0.25, 0.3) is 0 Å². The maximum absolute atomic E-state index is 12.3. The van der Waals surface area contributed by atoms with Crippen molar-refractivity contribution in [3.05, 3.63) is 24.3 Å². The lowest BCUT2D eigenvalue weighted by molar-refractivity contribution is -0.144. The summed E-state index contributed by atoms with van der Waals surface area (Å²) in [6, 6.07) is 7.03. The molecule has 2 aromatic rings. The summed E-state index contributed by atoms with van der Waals surface area (Å²) in [5.41, 5.74) is 1.21. The first-order chi connectivity index (χ1) is 14.2. The Balaban J connectivity index is 1.84. The number of aromatic nitrogens is 2. The van der Waals surface area contributed by atoms with E-state index < -0.39 is 17.4 Å². The van der Waals surface area contributed by atoms with Crippen LogP contribution in [0.5, 0.6) is 0 Å². The molecular weight excluding hydrogens is 398 g/mol. The van der Waals surface area contributed by atoms with Crippen molar-refractivity contribution in [2.45, 2.75) is 64.6 Å². The molecule has 0 spiro atoms. The fraction of sp³-hybridized carbons (Fsp3) is 0.609. The Morgan fingerprint density at radius 3 is 2.70 bits per heavy atom. The minimum absolute atomic E-state index is 0.248. The molecule has 7 heteroatoms. The molecule has 2 atom stereocenters. The standard InChI is InChI=1S/C23H33N3O3S/c1-5-9-19(27)25-13-8-10-16(14-25)15-30-22-24-17-11-6-7-12-18(17)26(22)20(21(28)29)23(2,3)4/h6-7,11-12,16,20H,5,8-10,13-15H2,1-4H3,(H,28,29). The van der Waals surface area contributed by atoms with E-state index in [4.69, 9.17) is 4.98 Å². The number of rotatable bonds is 7. The van der Waals surface area contributed by atoms with Crippen LogP contribution in [0.25, 0.3) is 11.0 Å². The van der Waals surface area contributed by atoms with Crippen LogP contribution in [0.1, 0.15) is 59.4 Å². The van der Waals surface area contributed by atoms with E-state index >= 15 is 0 Å². The van der Waals surface area contributed by atoms with E-state index in [9.17, 15) is 14.7 Å². The highest BCUT2D eigenvalue weighted by Crippen LogP contribution is 2.38. The Bertz CT molecular complexity index is 903. The van der Waals surface area contributed by atoms with Crippen LogP contribution in [0.3, 0.4) is 0 Å². The first-order valence-electron chi connectivity index (χ1n) is 10.8. The van der Waals surface area contributed by atoms with Crippen LogP contribution in [0, 0.1) is 11.3 Å². The summed E-state index contributed by atoms with van der Waals surface area (Å²) >= 11 is 1.62. The number of piperidine rings is 1. The third-order valence-electron chi connectivity index (χ3n) is 5.66. The second-order valence-corrected chi connectivity index (χ2v) is 10.3. The third kappa shape index (κ3) is 4.99. The van der Waals surface area contributed by atoms with Crippen LogP contribution in [0.15, 0.2) is 29.4 Å². The van der Waals surface area contributed by atoms with Gasteiger partial charge in [0.15, 0.2) is 5.16 Å². The SMILES string of the molecule is CCCC(=O)N1CCCC(CSc2nc3ccccc3n2C(C(=O)O)C(C)(C)C)C1. The Kier molecular flexibility index (Phi) is 7.11. The smallest absolute Gasteiger partial charge is 0.327 e. The Morgan fingerprint density at radius 2 is 2.03 bits per heavy atom. The van der Waals surface area contributed by atoms with Crippen LogP contribution < -0.4 is 0 Å². The molecule has 1 saturated heterocycles. The predicted molar refractivity (Wildman–Crippen MR) is 121 cm³/mol. The first kappa shape index (κ1) is 22.7. The molecule has 1 aromatic carbocycles. The molecule has 3 rings (SSSR count). The summed E-state index contributed by atoms with van der Waals surface area (Å²) in [4.78, 5) is 31.3. The van der Waals surface area contributed by atoms with Gasteiger partial charge in [0.2, 0.25) is 5.91 Å². The van der Waals surface area contributed by atoms with Gasteiger partial charge < -0.3 is 14.6 Å². The number of thioether (sulfide) groups is 1. The molecule has 164 valence electrons. The van der Waals surface area contributed by atoms with Gasteiger partial charge in [0.1, 0.15) is 6.04 Å². The number of benzene rings is 1. The molecule has 1 amide bonds. The monoisotopic (exact) mass is 431 g/mol. The Labute approximate surface area is 183 Å². The van der Waals surface area contributed by atoms with Crippen molar-refractivity contribution in [2.75, 3.05) is 18.8 Å². The summed E-state index contributed by atoms with van der Waals surface area (Å²) in [7, 11) is 0. The van der Waals surface area contributed by atoms with E-state index in [0.29, 0.717) is 12.3 Å². The van der Waals surface area contributed by atoms with Gasteiger partial charge in [-0.3, -0.25) is 4.79 Å². The van der Waals surface area contributed by atoms with Crippen molar-refractivity contribution in [1.29, 1.82) is 0 Å². The zero-order chi connectivity index (χ0) is 21.9. The lowest BCUT2D eigenvalue weighted by Crippen LogP contribution is -2.40. The topological polar surface area (TPSA) is 75.4 Å². The first-order valence-corrected chi connectivity index (χ1v) is 11.8. The second-order valence-electron chi connectivity index (χ2n) is 9.27. The van der Waals surface area contributed by atoms with Gasteiger partial charge in [0, 0.05) is 25.3 Å². The van der Waals surface area contributed by atoms with E-state index in [2.05, 4.69) is 0 Å². The van der Waals surface area contributed by atoms with Crippen molar-refractivity contribution in [2.24, 2.45) is 11.3 Å². The molecular formula is C23H33N3O3S. The largest absolute Gasteiger partial charge is 0.480 e. The van der Waals surface area contributed by atoms with Gasteiger partial charge in [-0.25, -0.2) is 9.78 Å². The highest BCUT2D eigenvalue weighted by molar-refractivity contribution is 7.99. The molecule has 1 N–H and O–H groups in total. The third-order valence-corrected chi connectivity index (χ3v) is 6.84. The molecule has 0 radical (unpaired) electrons. The Morgan fingerprint density at radius 1 is 1.30 bits per heavy atom. The fourth-order valence-corrected chi connectivity index (χ4v) is 5.40. The van der Waals surface area contributed by atoms with Crippen molar-refractivity contribution >= 4 is 34.7 Å². The van der Waals surface area contributed by atoms with Crippen molar-refractivity contribution < 1.29 is 14.7 Å². The summed E-state index contributed by atoms with van der Waals surface area (Å²) in [5.74, 6) is 0.630. The van der Waals surface area contributed by atoms with Gasteiger partial charge in [-0.15, -0.1) is 0 Å². The number of carboxylic acids is 1. The molecule has 0 bridgehead atoms. The summed E-state index contributed by atoms with van der Waals surface area (Å²) in [6.07, 6.45) is 3.60. The second kappa shape index (κ2) is 9.41. The lowest BCUT2D eigenvalue weighted by Gasteiger charge is -2.33. The number of para-hydroxylation sites is 2. The number of aliphatic carboxylic acids is 1. The number of amides is 1. The summed E-state index contributed by atoms with van der Waals surface area (Å²) in [5, 5.41) is 10.8. The van der Waals surface area contributed by atoms with E-state index in [1.807, 2.05) is 61.4 Å². The van der Waals surface area contributed by atoms with E-state index in [0.717, 1.165) is 54.3 Å². The highest BCUT2D eigenvalue weighted by Gasteiger charge is 2.36. The predicted octanol–water partition coefficient (Wildman–Crippen LogP) is 4.84. The maximum Gasteiger partial charge on any atom is 0.327 e. The maximum atomic E-state index is 12.3. The van der Waals surface area contributed by atoms with Crippen LogP contribution in [0.2, 0.25) is 0 Å². The zero-order valence-corrected chi connectivity index (χ0v) is 19.2. The average Bonchev–Trinajstić information content (AvgIpc) is 3.03. The minimum Gasteiger partial charge on any atom is -0.480 e. The van der Waals surface area contributed by atoms with Gasteiger partial charge in [-0.2, -0.15) is 0 Å². The van der Waals surface area contributed by atoms with Crippen molar-refractivity contribution in [3.8, 4) is 0 Å². The number of carbonyl (C=O) groups excluding carboxylic acids is 1. The molecule has 2 unspecified atom stereocenters. The van der Waals surface area contributed by atoms with Crippen LogP contribution >= 0.6 is 11.8 Å². The molecule has 30 heavy (non-hydrogen) atoms. The fourth-order valence-electron chi connectivity index (χ4n) is 4.23. The molecule has 6 nitrogen and oxygen atoms in total. The minimum atomic E-state index is -0.846. The molecule has 2 heterocycles. The van der Waals surface area contributed by atoms with Gasteiger partial charge in [0.05, 0.1) is 11.0 Å². The van der Waals surface area contributed by atoms with E-state index in [1.165, 1.54) is 0 Å². The lowest BCUT2D eigenvalue weighted by atomic mass is 9.86. The number of hydrogen-bond donors (Lipinski definition) is 1. The normalized spacial score (nSPS) is 18.5. The number of carbonyl (C=O) groups is 2. The van der Waals surface area contributed by atoms with E-state index in [-0.39, 0.29) is 5.91 Å². The van der Waals surface area contributed by atoms with E-state index in [1.54, 1.807) is 11.8 Å². The number of nitrogens with zero attached hydrogens (tertiary/aromatic N) is 3. The van der Waals surface area contributed by atoms with Crippen LogP contribution in [-0.2, 0) is 9.59 Å². The molecule has 1 fully saturated rings. The molecule has 1 aliphatic rings. The number of likely N-dealkylation sites (tertiary alicyclic amines) is 1. The van der Waals surface area contributed by atoms with Crippen molar-refractivity contribution in [1.82, 2.24) is 14.5 Å². The number of carboxylic acid groups (broad SMARTS) is 1. The molecule has 1 aliphatic heterocycles. The van der Waals surface area contributed by atoms with Crippen LogP contribution in [-0.4, -0.2) is 50.3 Å². The highest BCUT2D eigenvalue weighted by atomic mass is 32.2. The summed E-state index contributed by atoms with van der Waals surface area (Å²) in [6.45, 7) is 9.53. The van der Waals surface area contributed by atoms with Gasteiger partial charge in [-0.05, 0) is 42.7 Å². The average molecular weight is 432 g/mol. The zero-order valence-electron chi connectivity index (χ0n) is 18.4. The quantitative estimate of drug-likeness (QED) is 0.635. The van der Waals surface area contributed by atoms with Gasteiger partial charge >= 0.3 is 5.97 Å². The Hall–Kier alpha value is -2.02.